The summed E-state index contributed by atoms with van der Waals surface area (Å²) in [6.45, 7) is 1.29. The van der Waals surface area contributed by atoms with E-state index in [4.69, 9.17) is 10.5 Å². The number of unbranched alkanes of at least 4 members (excludes halogenated alkanes) is 2. The van der Waals surface area contributed by atoms with Gasteiger partial charge in [0.25, 0.3) is 0 Å². The number of rotatable bonds is 8. The molecule has 0 amide bonds. The van der Waals surface area contributed by atoms with Crippen molar-refractivity contribution in [1.82, 2.24) is 4.98 Å². The third-order valence-corrected chi connectivity index (χ3v) is 3.14. The summed E-state index contributed by atoms with van der Waals surface area (Å²) in [7, 11) is 0. The third kappa shape index (κ3) is 3.58. The highest BCUT2D eigenvalue weighted by Gasteiger charge is 2.04. The first kappa shape index (κ1) is 13.6. The molecule has 0 aliphatic rings. The van der Waals surface area contributed by atoms with Crippen molar-refractivity contribution in [3.05, 3.63) is 30.0 Å². The number of hydrogen-bond donors (Lipinski definition) is 2. The van der Waals surface area contributed by atoms with Crippen molar-refractivity contribution >= 4 is 17.2 Å². The number of benzene rings is 1. The van der Waals surface area contributed by atoms with E-state index in [9.17, 15) is 4.79 Å². The molecule has 3 N–H and O–H groups in total. The highest BCUT2D eigenvalue weighted by atomic mass is 16.5. The van der Waals surface area contributed by atoms with Crippen LogP contribution in [0.3, 0.4) is 0 Å². The summed E-state index contributed by atoms with van der Waals surface area (Å²) < 4.78 is 5.70. The second-order valence-electron chi connectivity index (χ2n) is 4.57. The van der Waals surface area contributed by atoms with Gasteiger partial charge in [-0.2, -0.15) is 0 Å². The molecule has 102 valence electrons. The smallest absolute Gasteiger partial charge is 0.120 e. The van der Waals surface area contributed by atoms with Crippen LogP contribution in [0.4, 0.5) is 0 Å². The van der Waals surface area contributed by atoms with E-state index in [0.717, 1.165) is 36.8 Å². The van der Waals surface area contributed by atoms with Gasteiger partial charge in [-0.3, -0.25) is 0 Å². The molecule has 0 spiro atoms. The van der Waals surface area contributed by atoms with Crippen molar-refractivity contribution < 1.29 is 9.53 Å². The largest absolute Gasteiger partial charge is 0.494 e. The highest BCUT2D eigenvalue weighted by molar-refractivity contribution is 5.84. The van der Waals surface area contributed by atoms with E-state index in [1.807, 2.05) is 18.3 Å². The summed E-state index contributed by atoms with van der Waals surface area (Å²) in [6.07, 6.45) is 6.22. The molecule has 0 atom stereocenters. The van der Waals surface area contributed by atoms with Gasteiger partial charge in [0.2, 0.25) is 0 Å². The lowest BCUT2D eigenvalue weighted by atomic mass is 10.1. The fourth-order valence-electron chi connectivity index (χ4n) is 2.13. The monoisotopic (exact) mass is 260 g/mol. The van der Waals surface area contributed by atoms with Crippen molar-refractivity contribution in [2.75, 3.05) is 13.2 Å². The number of hydrogen-bond acceptors (Lipinski definition) is 3. The van der Waals surface area contributed by atoms with Gasteiger partial charge in [-0.25, -0.2) is 0 Å². The maximum atomic E-state index is 10.2. The molecule has 0 radical (unpaired) electrons. The summed E-state index contributed by atoms with van der Waals surface area (Å²) >= 11 is 0. The van der Waals surface area contributed by atoms with Gasteiger partial charge < -0.3 is 20.2 Å². The molecule has 0 fully saturated rings. The van der Waals surface area contributed by atoms with E-state index in [1.165, 1.54) is 10.9 Å². The van der Waals surface area contributed by atoms with E-state index in [2.05, 4.69) is 11.1 Å². The Balaban J connectivity index is 1.99. The number of aromatic amines is 1. The van der Waals surface area contributed by atoms with Crippen molar-refractivity contribution in [2.24, 2.45) is 5.73 Å². The number of H-pyrrole nitrogens is 1. The van der Waals surface area contributed by atoms with Gasteiger partial charge in [0, 0.05) is 23.5 Å². The number of nitrogens with one attached hydrogen (secondary N) is 1. The lowest BCUT2D eigenvalue weighted by Crippen LogP contribution is -2.02. The number of carbonyl (C=O) groups excluding carboxylic acids is 1. The topological polar surface area (TPSA) is 68.1 Å². The van der Waals surface area contributed by atoms with Crippen molar-refractivity contribution in [1.29, 1.82) is 0 Å². The van der Waals surface area contributed by atoms with E-state index >= 15 is 0 Å². The molecular weight excluding hydrogens is 240 g/mol. The third-order valence-electron chi connectivity index (χ3n) is 3.14. The predicted molar refractivity (Wildman–Crippen MR) is 76.5 cm³/mol. The van der Waals surface area contributed by atoms with Gasteiger partial charge in [0.05, 0.1) is 6.61 Å². The highest BCUT2D eigenvalue weighted by Crippen LogP contribution is 2.24. The molecule has 0 unspecified atom stereocenters. The molecule has 0 bridgehead atoms. The molecule has 1 heterocycles. The normalized spacial score (nSPS) is 10.8. The first-order valence-corrected chi connectivity index (χ1v) is 6.71. The van der Waals surface area contributed by atoms with Crippen LogP contribution in [0.25, 0.3) is 10.9 Å². The van der Waals surface area contributed by atoms with E-state index < -0.39 is 0 Å². The molecule has 0 aliphatic heterocycles. The first-order valence-electron chi connectivity index (χ1n) is 6.71. The Morgan fingerprint density at radius 1 is 1.32 bits per heavy atom. The summed E-state index contributed by atoms with van der Waals surface area (Å²) in [5.74, 6) is 0.872. The van der Waals surface area contributed by atoms with Gasteiger partial charge in [-0.15, -0.1) is 0 Å². The SMILES string of the molecule is NCCc1c[nH]c2ccc(OCCCCC=O)cc12. The van der Waals surface area contributed by atoms with Crippen LogP contribution < -0.4 is 10.5 Å². The summed E-state index contributed by atoms with van der Waals surface area (Å²) in [5.41, 5.74) is 7.94. The van der Waals surface area contributed by atoms with Crippen LogP contribution in [0, 0.1) is 0 Å². The fraction of sp³-hybridized carbons (Fsp3) is 0.400. The number of aromatic nitrogens is 1. The number of ether oxygens (including phenoxy) is 1. The Morgan fingerprint density at radius 2 is 2.21 bits per heavy atom. The maximum absolute atomic E-state index is 10.2. The Kier molecular flexibility index (Phi) is 4.98. The number of fused-ring (bicyclic) bond motifs is 1. The maximum Gasteiger partial charge on any atom is 0.120 e. The minimum Gasteiger partial charge on any atom is -0.494 e. The molecule has 4 heteroatoms. The molecule has 0 saturated heterocycles. The van der Waals surface area contributed by atoms with Crippen LogP contribution in [0.5, 0.6) is 5.75 Å². The predicted octanol–water partition coefficient (Wildman–Crippen LogP) is 2.42. The molecule has 2 rings (SSSR count). The zero-order chi connectivity index (χ0) is 13.5. The lowest BCUT2D eigenvalue weighted by Gasteiger charge is -2.06. The van der Waals surface area contributed by atoms with Gasteiger partial charge in [-0.1, -0.05) is 0 Å². The van der Waals surface area contributed by atoms with Crippen molar-refractivity contribution in [2.45, 2.75) is 25.7 Å². The molecule has 0 aliphatic carbocycles. The van der Waals surface area contributed by atoms with Gasteiger partial charge in [0.15, 0.2) is 0 Å². The quantitative estimate of drug-likeness (QED) is 0.565. The van der Waals surface area contributed by atoms with Crippen LogP contribution in [0.2, 0.25) is 0 Å². The first-order chi connectivity index (χ1) is 9.35. The molecule has 1 aromatic heterocycles. The Morgan fingerprint density at radius 3 is 3.00 bits per heavy atom. The van der Waals surface area contributed by atoms with Crippen LogP contribution in [0.1, 0.15) is 24.8 Å². The minimum atomic E-state index is 0.612. The summed E-state index contributed by atoms with van der Waals surface area (Å²) in [5, 5.41) is 1.18. The van der Waals surface area contributed by atoms with E-state index in [1.54, 1.807) is 0 Å². The molecule has 0 saturated carbocycles. The second-order valence-corrected chi connectivity index (χ2v) is 4.57. The minimum absolute atomic E-state index is 0.612. The van der Waals surface area contributed by atoms with Gasteiger partial charge in [0.1, 0.15) is 12.0 Å². The van der Waals surface area contributed by atoms with Gasteiger partial charge >= 0.3 is 0 Å². The molecule has 4 nitrogen and oxygen atoms in total. The van der Waals surface area contributed by atoms with Crippen molar-refractivity contribution in [3.63, 3.8) is 0 Å². The van der Waals surface area contributed by atoms with Crippen molar-refractivity contribution in [3.8, 4) is 5.75 Å². The number of nitrogens with two attached hydrogens (primary N) is 1. The average molecular weight is 260 g/mol. The summed E-state index contributed by atoms with van der Waals surface area (Å²) in [6, 6.07) is 6.04. The molecule has 2 aromatic rings. The summed E-state index contributed by atoms with van der Waals surface area (Å²) in [4.78, 5) is 13.4. The molecular formula is C15H20N2O2. The Hall–Kier alpha value is -1.81. The fourth-order valence-corrected chi connectivity index (χ4v) is 2.13. The zero-order valence-corrected chi connectivity index (χ0v) is 11.0. The molecule has 19 heavy (non-hydrogen) atoms. The Bertz CT molecular complexity index is 534. The lowest BCUT2D eigenvalue weighted by molar-refractivity contribution is -0.107. The molecule has 1 aromatic carbocycles. The standard InChI is InChI=1S/C15H20N2O2/c16-7-6-12-11-17-15-5-4-13(10-14(12)15)19-9-3-1-2-8-18/h4-5,8,10-11,17H,1-3,6-7,9,16H2. The van der Waals surface area contributed by atoms with E-state index in [-0.39, 0.29) is 0 Å². The van der Waals surface area contributed by atoms with Crippen LogP contribution in [-0.2, 0) is 11.2 Å². The van der Waals surface area contributed by atoms with Crippen LogP contribution in [0.15, 0.2) is 24.4 Å². The number of aldehydes is 1. The Labute approximate surface area is 112 Å². The van der Waals surface area contributed by atoms with Crippen LogP contribution >= 0.6 is 0 Å². The average Bonchev–Trinajstić information content (AvgIpc) is 2.82. The second kappa shape index (κ2) is 6.95. The number of carbonyl (C=O) groups is 1. The van der Waals surface area contributed by atoms with Crippen LogP contribution in [-0.4, -0.2) is 24.4 Å². The van der Waals surface area contributed by atoms with Gasteiger partial charge in [-0.05, 0) is 49.6 Å². The van der Waals surface area contributed by atoms with E-state index in [0.29, 0.717) is 19.6 Å². The zero-order valence-electron chi connectivity index (χ0n) is 11.0.